The lowest BCUT2D eigenvalue weighted by Crippen LogP contribution is -2.69. The number of anilines is 1. The third-order valence-corrected chi connectivity index (χ3v) is 11.7. The molecule has 3 aromatic carbocycles. The van der Waals surface area contributed by atoms with Crippen molar-refractivity contribution in [1.82, 2.24) is 4.90 Å². The van der Waals surface area contributed by atoms with E-state index in [0.29, 0.717) is 41.5 Å². The number of methoxy groups -OCH3 is 3. The van der Waals surface area contributed by atoms with Crippen LogP contribution in [0.15, 0.2) is 96.2 Å². The minimum Gasteiger partial charge on any atom is -0.497 e. The number of hydrogen-bond acceptors (Lipinski definition) is 12. The van der Waals surface area contributed by atoms with Crippen LogP contribution in [0.5, 0.6) is 23.0 Å². The first-order valence-electron chi connectivity index (χ1n) is 20.5. The van der Waals surface area contributed by atoms with E-state index in [1.165, 1.54) is 19.1 Å². The molecule has 60 heavy (non-hydrogen) atoms. The van der Waals surface area contributed by atoms with E-state index in [-0.39, 0.29) is 56.4 Å². The number of amides is 2. The molecule has 0 aromatic heterocycles. The predicted octanol–water partition coefficient (Wildman–Crippen LogP) is 7.85. The highest BCUT2D eigenvalue weighted by Crippen LogP contribution is 2.62. The molecular weight excluding hydrogens is 771 g/mol. The van der Waals surface area contributed by atoms with Gasteiger partial charge in [-0.3, -0.25) is 5.32 Å². The lowest BCUT2D eigenvalue weighted by atomic mass is 9.55. The molecule has 2 aliphatic carbocycles. The molecule has 0 radical (unpaired) electrons. The zero-order chi connectivity index (χ0) is 42.6. The number of unbranched alkanes of at least 4 members (excludes halogenated alkanes) is 2. The molecule has 0 unspecified atom stereocenters. The first-order valence-corrected chi connectivity index (χ1v) is 20.5. The highest BCUT2D eigenvalue weighted by Gasteiger charge is 2.65. The third-order valence-electron chi connectivity index (χ3n) is 11.7. The summed E-state index contributed by atoms with van der Waals surface area (Å²) in [6.45, 7) is 4.42. The van der Waals surface area contributed by atoms with Crippen LogP contribution in [0.4, 0.5) is 15.3 Å². The SMILES string of the molecule is C=CCO[C@@]12Oc3ccc(OC(=O)Nc4ccc(OC)cc4OC)cc3[C@H]3[C@H](CCCCO)[C@@H](CCCCO)C=C(C(=NOCc4ccccc4)C[C@@H]1N(C)C(=O)OC)[C@H]32. The van der Waals surface area contributed by atoms with Gasteiger partial charge in [0.15, 0.2) is 0 Å². The molecule has 6 atom stereocenters. The van der Waals surface area contributed by atoms with Gasteiger partial charge >= 0.3 is 12.2 Å². The number of aliphatic hydroxyl groups excluding tert-OH is 2. The smallest absolute Gasteiger partial charge is 0.417 e. The Labute approximate surface area is 351 Å². The maximum absolute atomic E-state index is 13.5. The second kappa shape index (κ2) is 20.6. The molecular formula is C46H57N3O11. The number of hydrogen-bond donors (Lipinski definition) is 3. The Hall–Kier alpha value is -5.57. The summed E-state index contributed by atoms with van der Waals surface area (Å²) in [6.07, 6.45) is 7.12. The number of allylic oxidation sites excluding steroid dienone is 1. The van der Waals surface area contributed by atoms with Gasteiger partial charge < -0.3 is 48.4 Å². The number of carbonyl (C=O) groups excluding carboxylic acids is 2. The summed E-state index contributed by atoms with van der Waals surface area (Å²) in [6, 6.07) is 19.3. The number of ether oxygens (including phenoxy) is 6. The van der Waals surface area contributed by atoms with Crippen molar-refractivity contribution in [2.24, 2.45) is 22.9 Å². The van der Waals surface area contributed by atoms with Crippen molar-refractivity contribution in [3.63, 3.8) is 0 Å². The topological polar surface area (TPSA) is 167 Å². The molecule has 0 spiro atoms. The highest BCUT2D eigenvalue weighted by molar-refractivity contribution is 6.03. The van der Waals surface area contributed by atoms with E-state index in [9.17, 15) is 19.8 Å². The van der Waals surface area contributed by atoms with Crippen LogP contribution in [0.25, 0.3) is 0 Å². The van der Waals surface area contributed by atoms with E-state index >= 15 is 0 Å². The van der Waals surface area contributed by atoms with E-state index < -0.39 is 29.9 Å². The van der Waals surface area contributed by atoms with Gasteiger partial charge in [0.1, 0.15) is 35.6 Å². The van der Waals surface area contributed by atoms with Crippen molar-refractivity contribution in [1.29, 1.82) is 0 Å². The summed E-state index contributed by atoms with van der Waals surface area (Å²) < 4.78 is 36.0. The van der Waals surface area contributed by atoms with Crippen LogP contribution in [0.2, 0.25) is 0 Å². The number of likely N-dealkylation sites (N-methyl/N-ethyl adjacent to an activating group) is 1. The lowest BCUT2D eigenvalue weighted by Gasteiger charge is -2.59. The van der Waals surface area contributed by atoms with Gasteiger partial charge in [-0.05, 0) is 79.0 Å². The Morgan fingerprint density at radius 2 is 1.72 bits per heavy atom. The number of aliphatic hydroxyl groups is 2. The first-order chi connectivity index (χ1) is 29.2. The van der Waals surface area contributed by atoms with Gasteiger partial charge in [-0.2, -0.15) is 0 Å². The zero-order valence-corrected chi connectivity index (χ0v) is 34.8. The van der Waals surface area contributed by atoms with Crippen LogP contribution in [-0.4, -0.2) is 93.0 Å². The van der Waals surface area contributed by atoms with Gasteiger partial charge in [-0.25, -0.2) is 9.59 Å². The largest absolute Gasteiger partial charge is 0.497 e. The molecule has 14 heteroatoms. The molecule has 3 N–H and O–H groups in total. The lowest BCUT2D eigenvalue weighted by molar-refractivity contribution is -0.253. The molecule has 1 saturated carbocycles. The Bertz CT molecular complexity index is 2010. The molecule has 3 aliphatic rings. The molecule has 6 rings (SSSR count). The summed E-state index contributed by atoms with van der Waals surface area (Å²) in [7, 11) is 6.04. The number of oxime groups is 1. The van der Waals surface area contributed by atoms with Crippen molar-refractivity contribution >= 4 is 23.6 Å². The number of carbonyl (C=O) groups is 2. The second-order valence-electron chi connectivity index (χ2n) is 15.2. The molecule has 322 valence electrons. The summed E-state index contributed by atoms with van der Waals surface area (Å²) in [5.41, 5.74) is 3.66. The Morgan fingerprint density at radius 3 is 2.42 bits per heavy atom. The number of fused-ring (bicyclic) bond motifs is 2. The van der Waals surface area contributed by atoms with Crippen LogP contribution in [0, 0.1) is 17.8 Å². The van der Waals surface area contributed by atoms with Gasteiger partial charge in [-0.15, -0.1) is 6.58 Å². The molecule has 1 fully saturated rings. The van der Waals surface area contributed by atoms with Gasteiger partial charge in [-0.1, -0.05) is 60.5 Å². The molecule has 0 bridgehead atoms. The van der Waals surface area contributed by atoms with Crippen molar-refractivity contribution in [2.45, 2.75) is 69.3 Å². The van der Waals surface area contributed by atoms with E-state index in [2.05, 4.69) is 18.0 Å². The summed E-state index contributed by atoms with van der Waals surface area (Å²) in [5.74, 6) is -0.577. The van der Waals surface area contributed by atoms with Crippen LogP contribution in [-0.2, 0) is 20.9 Å². The van der Waals surface area contributed by atoms with Gasteiger partial charge in [0, 0.05) is 44.2 Å². The van der Waals surface area contributed by atoms with Gasteiger partial charge in [0.05, 0.1) is 45.3 Å². The van der Waals surface area contributed by atoms with Gasteiger partial charge in [0.2, 0.25) is 5.79 Å². The Balaban J connectivity index is 1.49. The van der Waals surface area contributed by atoms with E-state index in [1.54, 1.807) is 50.6 Å². The Kier molecular flexibility index (Phi) is 15.1. The number of nitrogens with zero attached hydrogens (tertiary/aromatic N) is 2. The van der Waals surface area contributed by atoms with Crippen LogP contribution in [0.1, 0.15) is 62.0 Å². The maximum Gasteiger partial charge on any atom is 0.417 e. The van der Waals surface area contributed by atoms with Crippen LogP contribution >= 0.6 is 0 Å². The van der Waals surface area contributed by atoms with Crippen LogP contribution < -0.4 is 24.3 Å². The normalized spacial score (nSPS) is 23.2. The highest BCUT2D eigenvalue weighted by atomic mass is 16.7. The monoisotopic (exact) mass is 827 g/mol. The molecule has 1 aliphatic heterocycles. The maximum atomic E-state index is 13.5. The predicted molar refractivity (Wildman–Crippen MR) is 226 cm³/mol. The average molecular weight is 828 g/mol. The zero-order valence-electron chi connectivity index (χ0n) is 34.8. The Morgan fingerprint density at radius 1 is 0.967 bits per heavy atom. The summed E-state index contributed by atoms with van der Waals surface area (Å²) in [4.78, 5) is 34.5. The summed E-state index contributed by atoms with van der Waals surface area (Å²) in [5, 5.41) is 27.3. The molecule has 1 heterocycles. The number of benzene rings is 3. The van der Waals surface area contributed by atoms with Crippen molar-refractivity contribution in [2.75, 3.05) is 53.5 Å². The van der Waals surface area contributed by atoms with E-state index in [1.807, 2.05) is 36.4 Å². The average Bonchev–Trinajstić information content (AvgIpc) is 3.27. The van der Waals surface area contributed by atoms with Crippen molar-refractivity contribution < 1.29 is 53.1 Å². The summed E-state index contributed by atoms with van der Waals surface area (Å²) >= 11 is 0. The molecule has 0 saturated heterocycles. The fraction of sp³-hybridized carbons (Fsp3) is 0.457. The molecule has 3 aromatic rings. The first kappa shape index (κ1) is 44.0. The fourth-order valence-electron chi connectivity index (χ4n) is 8.97. The minimum absolute atomic E-state index is 0.0131. The van der Waals surface area contributed by atoms with E-state index in [0.717, 1.165) is 42.4 Å². The van der Waals surface area contributed by atoms with Gasteiger partial charge in [0.25, 0.3) is 0 Å². The fourth-order valence-corrected chi connectivity index (χ4v) is 8.97. The number of nitrogens with one attached hydrogen (secondary N) is 1. The van der Waals surface area contributed by atoms with E-state index in [4.69, 9.17) is 38.4 Å². The third kappa shape index (κ3) is 9.56. The quantitative estimate of drug-likeness (QED) is 0.0612. The molecule has 14 nitrogen and oxygen atoms in total. The molecule has 2 amide bonds. The van der Waals surface area contributed by atoms with Crippen molar-refractivity contribution in [3.8, 4) is 23.0 Å². The second-order valence-corrected chi connectivity index (χ2v) is 15.2. The standard InChI is InChI=1S/C46H57N3O11/c1-6-24-57-46-41(49(2)45(53)56-5)28-38(48-58-29-30-14-8-7-9-15-30)35-25-31(16-10-12-22-50)34(17-11-13-23-51)42(43(35)46)36-26-33(19-21-39(36)60-46)59-44(52)47-37-20-18-32(54-3)27-40(37)55-4/h6-9,14-15,18-21,25-27,31,34,41-43,50-51H,1,10-13,16-17,22-24,28-29H2,2-5H3,(H,47,52)/t31-,34+,41-,42+,43+,46+/m0/s1. The number of rotatable bonds is 19. The van der Waals surface area contributed by atoms with Crippen molar-refractivity contribution in [3.05, 3.63) is 102 Å². The minimum atomic E-state index is -1.45. The van der Waals surface area contributed by atoms with Crippen LogP contribution in [0.3, 0.4) is 0 Å².